The van der Waals surface area contributed by atoms with Gasteiger partial charge in [0, 0.05) is 6.54 Å². The van der Waals surface area contributed by atoms with Crippen LogP contribution in [0.5, 0.6) is 0 Å². The summed E-state index contributed by atoms with van der Waals surface area (Å²) in [5, 5.41) is 0.710. The van der Waals surface area contributed by atoms with Crippen molar-refractivity contribution in [2.45, 2.75) is 39.2 Å². The van der Waals surface area contributed by atoms with Gasteiger partial charge in [0.25, 0.3) is 5.56 Å². The molecular formula is C14H18N2OS. The summed E-state index contributed by atoms with van der Waals surface area (Å²) in [6.45, 7) is 2.88. The molecule has 0 aliphatic heterocycles. The van der Waals surface area contributed by atoms with Crippen molar-refractivity contribution in [1.29, 1.82) is 0 Å². The van der Waals surface area contributed by atoms with Gasteiger partial charge in [0.1, 0.15) is 0 Å². The molecule has 1 aromatic carbocycles. The van der Waals surface area contributed by atoms with E-state index < -0.39 is 0 Å². The highest BCUT2D eigenvalue weighted by atomic mass is 32.1. The lowest BCUT2D eigenvalue weighted by molar-refractivity contribution is 0.562. The number of H-pyrrole nitrogens is 1. The Kier molecular flexibility index (Phi) is 4.31. The SMILES string of the molecule is CCCCCCn1c(=S)[nH]c2ccccc2c1=O. The van der Waals surface area contributed by atoms with Crippen molar-refractivity contribution in [2.24, 2.45) is 0 Å². The van der Waals surface area contributed by atoms with E-state index in [0.717, 1.165) is 18.4 Å². The first kappa shape index (κ1) is 13.0. The third kappa shape index (κ3) is 2.70. The summed E-state index contributed by atoms with van der Waals surface area (Å²) in [7, 11) is 0. The Bertz CT molecular complexity index is 642. The minimum Gasteiger partial charge on any atom is -0.332 e. The number of aromatic amines is 1. The number of benzene rings is 1. The summed E-state index contributed by atoms with van der Waals surface area (Å²) in [5.74, 6) is 0. The molecule has 3 nitrogen and oxygen atoms in total. The number of rotatable bonds is 5. The molecule has 0 saturated carbocycles. The van der Waals surface area contributed by atoms with Crippen LogP contribution < -0.4 is 5.56 Å². The molecule has 4 heteroatoms. The van der Waals surface area contributed by atoms with E-state index in [1.807, 2.05) is 24.3 Å². The molecule has 1 N–H and O–H groups in total. The van der Waals surface area contributed by atoms with Gasteiger partial charge in [-0.1, -0.05) is 38.3 Å². The molecule has 0 amide bonds. The van der Waals surface area contributed by atoms with E-state index in [9.17, 15) is 4.79 Å². The minimum atomic E-state index is 0.0193. The van der Waals surface area contributed by atoms with E-state index in [-0.39, 0.29) is 5.56 Å². The van der Waals surface area contributed by atoms with Gasteiger partial charge in [-0.15, -0.1) is 0 Å². The van der Waals surface area contributed by atoms with Gasteiger partial charge in [-0.2, -0.15) is 0 Å². The molecule has 2 rings (SSSR count). The van der Waals surface area contributed by atoms with E-state index in [2.05, 4.69) is 11.9 Å². The second-order valence-corrected chi connectivity index (χ2v) is 4.88. The Morgan fingerprint density at radius 3 is 2.78 bits per heavy atom. The summed E-state index contributed by atoms with van der Waals surface area (Å²) in [5.41, 5.74) is 0.836. The number of aromatic nitrogens is 2. The number of fused-ring (bicyclic) bond motifs is 1. The molecule has 0 unspecified atom stereocenters. The molecule has 1 heterocycles. The van der Waals surface area contributed by atoms with E-state index in [1.165, 1.54) is 12.8 Å². The van der Waals surface area contributed by atoms with Gasteiger partial charge in [-0.25, -0.2) is 0 Å². The number of hydrogen-bond acceptors (Lipinski definition) is 2. The third-order valence-corrected chi connectivity index (χ3v) is 3.45. The van der Waals surface area contributed by atoms with E-state index in [1.54, 1.807) is 4.57 Å². The van der Waals surface area contributed by atoms with Gasteiger partial charge in [-0.3, -0.25) is 9.36 Å². The van der Waals surface area contributed by atoms with Crippen molar-refractivity contribution in [2.75, 3.05) is 0 Å². The number of nitrogens with zero attached hydrogens (tertiary/aromatic N) is 1. The van der Waals surface area contributed by atoms with Gasteiger partial charge < -0.3 is 4.98 Å². The maximum Gasteiger partial charge on any atom is 0.262 e. The van der Waals surface area contributed by atoms with Crippen LogP contribution in [0, 0.1) is 4.77 Å². The van der Waals surface area contributed by atoms with Crippen LogP contribution in [0.15, 0.2) is 29.1 Å². The Labute approximate surface area is 111 Å². The fourth-order valence-corrected chi connectivity index (χ4v) is 2.38. The molecular weight excluding hydrogens is 244 g/mol. The van der Waals surface area contributed by atoms with E-state index in [4.69, 9.17) is 12.2 Å². The van der Waals surface area contributed by atoms with Crippen LogP contribution in [0.25, 0.3) is 10.9 Å². The zero-order valence-corrected chi connectivity index (χ0v) is 11.4. The largest absolute Gasteiger partial charge is 0.332 e. The molecule has 2 aromatic rings. The molecule has 96 valence electrons. The third-order valence-electron chi connectivity index (χ3n) is 3.12. The van der Waals surface area contributed by atoms with Crippen LogP contribution >= 0.6 is 12.2 Å². The summed E-state index contributed by atoms with van der Waals surface area (Å²) in [6.07, 6.45) is 4.55. The van der Waals surface area contributed by atoms with Crippen molar-refractivity contribution < 1.29 is 0 Å². The average Bonchev–Trinajstić information content (AvgIpc) is 2.38. The Morgan fingerprint density at radius 1 is 1.22 bits per heavy atom. The highest BCUT2D eigenvalue weighted by Crippen LogP contribution is 2.07. The zero-order valence-electron chi connectivity index (χ0n) is 10.6. The molecule has 0 bridgehead atoms. The summed E-state index contributed by atoms with van der Waals surface area (Å²) in [6, 6.07) is 7.50. The molecule has 0 atom stereocenters. The van der Waals surface area contributed by atoms with Crippen LogP contribution in [0.2, 0.25) is 0 Å². The van der Waals surface area contributed by atoms with Gasteiger partial charge in [0.05, 0.1) is 10.9 Å². The van der Waals surface area contributed by atoms with E-state index >= 15 is 0 Å². The first-order valence-corrected chi connectivity index (χ1v) is 6.86. The van der Waals surface area contributed by atoms with Crippen molar-refractivity contribution in [3.8, 4) is 0 Å². The second-order valence-electron chi connectivity index (χ2n) is 4.49. The molecule has 18 heavy (non-hydrogen) atoms. The quantitative estimate of drug-likeness (QED) is 0.660. The van der Waals surface area contributed by atoms with Gasteiger partial charge in [-0.05, 0) is 30.8 Å². The molecule has 0 aliphatic rings. The fourth-order valence-electron chi connectivity index (χ4n) is 2.10. The Balaban J connectivity index is 2.33. The lowest BCUT2D eigenvalue weighted by Gasteiger charge is -2.07. The van der Waals surface area contributed by atoms with Crippen LogP contribution in [0.1, 0.15) is 32.6 Å². The van der Waals surface area contributed by atoms with Gasteiger partial charge in [0.2, 0.25) is 0 Å². The maximum atomic E-state index is 12.3. The lowest BCUT2D eigenvalue weighted by atomic mass is 10.2. The van der Waals surface area contributed by atoms with Crippen molar-refractivity contribution in [3.63, 3.8) is 0 Å². The molecule has 1 aromatic heterocycles. The van der Waals surface area contributed by atoms with E-state index in [0.29, 0.717) is 16.7 Å². The summed E-state index contributed by atoms with van der Waals surface area (Å²) < 4.78 is 2.20. The number of hydrogen-bond donors (Lipinski definition) is 1. The molecule has 0 spiro atoms. The topological polar surface area (TPSA) is 37.8 Å². The molecule has 0 aliphatic carbocycles. The lowest BCUT2D eigenvalue weighted by Crippen LogP contribution is -2.22. The monoisotopic (exact) mass is 262 g/mol. The van der Waals surface area contributed by atoms with Crippen LogP contribution in [-0.4, -0.2) is 9.55 Å². The summed E-state index contributed by atoms with van der Waals surface area (Å²) >= 11 is 5.25. The molecule has 0 saturated heterocycles. The predicted molar refractivity (Wildman–Crippen MR) is 77.5 cm³/mol. The highest BCUT2D eigenvalue weighted by Gasteiger charge is 2.04. The van der Waals surface area contributed by atoms with Gasteiger partial charge in [0.15, 0.2) is 4.77 Å². The zero-order chi connectivity index (χ0) is 13.0. The first-order chi connectivity index (χ1) is 8.74. The Morgan fingerprint density at radius 2 is 2.00 bits per heavy atom. The highest BCUT2D eigenvalue weighted by molar-refractivity contribution is 7.71. The van der Waals surface area contributed by atoms with Gasteiger partial charge >= 0.3 is 0 Å². The maximum absolute atomic E-state index is 12.3. The molecule has 0 fully saturated rings. The Hall–Kier alpha value is -1.42. The standard InChI is InChI=1S/C14H18N2OS/c1-2-3-4-7-10-16-13(17)11-8-5-6-9-12(11)15-14(16)18/h5-6,8-9H,2-4,7,10H2,1H3,(H,15,18). The first-order valence-electron chi connectivity index (χ1n) is 6.46. The number of unbranched alkanes of at least 4 members (excludes halogenated alkanes) is 3. The van der Waals surface area contributed by atoms with Crippen molar-refractivity contribution in [3.05, 3.63) is 39.4 Å². The normalized spacial score (nSPS) is 10.9. The number of nitrogens with one attached hydrogen (secondary N) is 1. The minimum absolute atomic E-state index is 0.0193. The second kappa shape index (κ2) is 5.96. The van der Waals surface area contributed by atoms with Crippen molar-refractivity contribution in [1.82, 2.24) is 9.55 Å². The van der Waals surface area contributed by atoms with Crippen LogP contribution in [0.4, 0.5) is 0 Å². The predicted octanol–water partition coefficient (Wildman–Crippen LogP) is 3.64. The van der Waals surface area contributed by atoms with Crippen molar-refractivity contribution >= 4 is 23.1 Å². The number of para-hydroxylation sites is 1. The summed E-state index contributed by atoms with van der Waals surface area (Å²) in [4.78, 5) is 15.4. The average molecular weight is 262 g/mol. The molecule has 0 radical (unpaired) electrons. The smallest absolute Gasteiger partial charge is 0.262 e. The van der Waals surface area contributed by atoms with Crippen LogP contribution in [0.3, 0.4) is 0 Å². The fraction of sp³-hybridized carbons (Fsp3) is 0.429. The van der Waals surface area contributed by atoms with Crippen LogP contribution in [-0.2, 0) is 6.54 Å².